The van der Waals surface area contributed by atoms with E-state index in [2.05, 4.69) is 16.7 Å². The van der Waals surface area contributed by atoms with Gasteiger partial charge in [0.05, 0.1) is 6.54 Å². The Hall–Kier alpha value is -2.18. The van der Waals surface area contributed by atoms with Gasteiger partial charge in [-0.3, -0.25) is 14.5 Å². The number of rotatable bonds is 7. The highest BCUT2D eigenvalue weighted by Crippen LogP contribution is 2.20. The van der Waals surface area contributed by atoms with E-state index < -0.39 is 0 Å². The van der Waals surface area contributed by atoms with Crippen LogP contribution in [0.25, 0.3) is 0 Å². The summed E-state index contributed by atoms with van der Waals surface area (Å²) in [7, 11) is 1.92. The Morgan fingerprint density at radius 3 is 2.79 bits per heavy atom. The number of carbonyl (C=O) groups excluding carboxylic acids is 2. The van der Waals surface area contributed by atoms with E-state index in [0.29, 0.717) is 23.8 Å². The van der Waals surface area contributed by atoms with Gasteiger partial charge >= 0.3 is 0 Å². The largest absolute Gasteiger partial charge is 0.349 e. The fourth-order valence-corrected chi connectivity index (χ4v) is 3.19. The molecule has 6 heteroatoms. The van der Waals surface area contributed by atoms with Gasteiger partial charge < -0.3 is 10.6 Å². The van der Waals surface area contributed by atoms with E-state index in [4.69, 9.17) is 0 Å². The Labute approximate surface area is 145 Å². The van der Waals surface area contributed by atoms with E-state index in [0.717, 1.165) is 19.4 Å². The third-order valence-corrected chi connectivity index (χ3v) is 4.60. The Balaban J connectivity index is 1.52. The highest BCUT2D eigenvalue weighted by molar-refractivity contribution is 7.09. The van der Waals surface area contributed by atoms with Crippen LogP contribution in [0, 0.1) is 0 Å². The van der Waals surface area contributed by atoms with E-state index in [1.165, 1.54) is 4.88 Å². The van der Waals surface area contributed by atoms with Crippen molar-refractivity contribution in [3.05, 3.63) is 52.2 Å². The van der Waals surface area contributed by atoms with Crippen molar-refractivity contribution in [2.75, 3.05) is 18.9 Å². The first-order valence-corrected chi connectivity index (χ1v) is 8.90. The van der Waals surface area contributed by atoms with Crippen molar-refractivity contribution in [2.24, 2.45) is 0 Å². The minimum Gasteiger partial charge on any atom is -0.349 e. The quantitative estimate of drug-likeness (QED) is 0.812. The molecule has 3 rings (SSSR count). The van der Waals surface area contributed by atoms with E-state index in [1.807, 2.05) is 23.4 Å². The average Bonchev–Trinajstić information content (AvgIpc) is 3.21. The van der Waals surface area contributed by atoms with Crippen molar-refractivity contribution >= 4 is 28.8 Å². The molecule has 0 bridgehead atoms. The second-order valence-corrected chi connectivity index (χ2v) is 7.16. The first-order valence-electron chi connectivity index (χ1n) is 8.02. The Bertz CT molecular complexity index is 711. The molecular weight excluding hydrogens is 322 g/mol. The zero-order chi connectivity index (χ0) is 16.9. The summed E-state index contributed by atoms with van der Waals surface area (Å²) in [4.78, 5) is 27.4. The minimum atomic E-state index is -0.0891. The number of thiophene rings is 1. The van der Waals surface area contributed by atoms with Crippen LogP contribution >= 0.6 is 11.3 Å². The molecule has 1 aliphatic carbocycles. The standard InChI is InChI=1S/C18H21N3O2S/c1-21(11-16-6-3-9-24-16)12-17(22)19-15-5-2-4-13(10-15)18(23)20-14-7-8-14/h2-6,9-10,14H,7-8,11-12H2,1H3,(H,19,22)(H,20,23). The van der Waals surface area contributed by atoms with Crippen molar-refractivity contribution in [2.45, 2.75) is 25.4 Å². The molecule has 1 aliphatic rings. The Kier molecular flexibility index (Phi) is 5.27. The zero-order valence-corrected chi connectivity index (χ0v) is 14.4. The molecule has 0 spiro atoms. The SMILES string of the molecule is CN(CC(=O)Nc1cccc(C(=O)NC2CC2)c1)Cc1cccs1. The molecule has 5 nitrogen and oxygen atoms in total. The van der Waals surface area contributed by atoms with Gasteiger partial charge in [-0.25, -0.2) is 0 Å². The summed E-state index contributed by atoms with van der Waals surface area (Å²) >= 11 is 1.68. The van der Waals surface area contributed by atoms with Crippen molar-refractivity contribution in [3.8, 4) is 0 Å². The fraction of sp³-hybridized carbons (Fsp3) is 0.333. The van der Waals surface area contributed by atoms with E-state index in [9.17, 15) is 9.59 Å². The number of amides is 2. The predicted molar refractivity (Wildman–Crippen MR) is 96.2 cm³/mol. The van der Waals surface area contributed by atoms with Crippen molar-refractivity contribution in [1.82, 2.24) is 10.2 Å². The molecule has 1 saturated carbocycles. The van der Waals surface area contributed by atoms with Crippen LogP contribution in [0.5, 0.6) is 0 Å². The third-order valence-electron chi connectivity index (χ3n) is 3.74. The highest BCUT2D eigenvalue weighted by Gasteiger charge is 2.23. The molecule has 0 radical (unpaired) electrons. The average molecular weight is 343 g/mol. The summed E-state index contributed by atoms with van der Waals surface area (Å²) in [6.45, 7) is 1.05. The number of nitrogens with one attached hydrogen (secondary N) is 2. The van der Waals surface area contributed by atoms with Crippen LogP contribution < -0.4 is 10.6 Å². The normalized spacial score (nSPS) is 13.8. The van der Waals surface area contributed by atoms with Gasteiger partial charge in [0.2, 0.25) is 5.91 Å². The third kappa shape index (κ3) is 4.91. The Morgan fingerprint density at radius 1 is 1.25 bits per heavy atom. The van der Waals surface area contributed by atoms with E-state index in [1.54, 1.807) is 35.6 Å². The molecule has 1 aromatic heterocycles. The molecule has 0 atom stereocenters. The van der Waals surface area contributed by atoms with Gasteiger partial charge in [0.1, 0.15) is 0 Å². The lowest BCUT2D eigenvalue weighted by Crippen LogP contribution is -2.30. The molecule has 1 aromatic carbocycles. The van der Waals surface area contributed by atoms with Crippen molar-refractivity contribution in [1.29, 1.82) is 0 Å². The second kappa shape index (κ2) is 7.59. The summed E-state index contributed by atoms with van der Waals surface area (Å²) in [6.07, 6.45) is 2.11. The molecule has 0 aliphatic heterocycles. The zero-order valence-electron chi connectivity index (χ0n) is 13.6. The molecule has 2 aromatic rings. The summed E-state index contributed by atoms with van der Waals surface area (Å²) in [5.41, 5.74) is 1.22. The van der Waals surface area contributed by atoms with E-state index >= 15 is 0 Å². The summed E-state index contributed by atoms with van der Waals surface area (Å²) in [5.74, 6) is -0.169. The Morgan fingerprint density at radius 2 is 2.08 bits per heavy atom. The number of hydrogen-bond donors (Lipinski definition) is 2. The van der Waals surface area contributed by atoms with E-state index in [-0.39, 0.29) is 11.8 Å². The lowest BCUT2D eigenvalue weighted by atomic mass is 10.2. The summed E-state index contributed by atoms with van der Waals surface area (Å²) < 4.78 is 0. The fourth-order valence-electron chi connectivity index (χ4n) is 2.40. The molecule has 1 fully saturated rings. The summed E-state index contributed by atoms with van der Waals surface area (Å²) in [5, 5.41) is 7.84. The van der Waals surface area contributed by atoms with Gasteiger partial charge in [0.25, 0.3) is 5.91 Å². The molecule has 0 unspecified atom stereocenters. The minimum absolute atomic E-state index is 0.0802. The van der Waals surface area contributed by atoms with Crippen LogP contribution in [0.3, 0.4) is 0 Å². The van der Waals surface area contributed by atoms with Crippen LogP contribution in [0.4, 0.5) is 5.69 Å². The summed E-state index contributed by atoms with van der Waals surface area (Å²) in [6, 6.07) is 11.4. The molecule has 126 valence electrons. The maximum absolute atomic E-state index is 12.2. The molecule has 2 N–H and O–H groups in total. The van der Waals surface area contributed by atoms with Gasteiger partial charge in [-0.2, -0.15) is 0 Å². The van der Waals surface area contributed by atoms with Crippen LogP contribution in [0.1, 0.15) is 28.1 Å². The van der Waals surface area contributed by atoms with Crippen LogP contribution in [-0.4, -0.2) is 36.3 Å². The molecule has 2 amide bonds. The molecule has 24 heavy (non-hydrogen) atoms. The number of anilines is 1. The molecule has 1 heterocycles. The lowest BCUT2D eigenvalue weighted by molar-refractivity contribution is -0.117. The van der Waals surface area contributed by atoms with Crippen LogP contribution in [0.2, 0.25) is 0 Å². The van der Waals surface area contributed by atoms with Gasteiger partial charge in [-0.05, 0) is 49.5 Å². The van der Waals surface area contributed by atoms with Crippen molar-refractivity contribution < 1.29 is 9.59 Å². The van der Waals surface area contributed by atoms with Gasteiger partial charge in [-0.15, -0.1) is 11.3 Å². The number of likely N-dealkylation sites (N-methyl/N-ethyl adjacent to an activating group) is 1. The van der Waals surface area contributed by atoms with Gasteiger partial charge in [-0.1, -0.05) is 12.1 Å². The second-order valence-electron chi connectivity index (χ2n) is 6.13. The van der Waals surface area contributed by atoms with Crippen LogP contribution in [-0.2, 0) is 11.3 Å². The maximum Gasteiger partial charge on any atom is 0.251 e. The number of nitrogens with zero attached hydrogens (tertiary/aromatic N) is 1. The molecule has 0 saturated heterocycles. The number of carbonyl (C=O) groups is 2. The lowest BCUT2D eigenvalue weighted by Gasteiger charge is -2.15. The topological polar surface area (TPSA) is 61.4 Å². The highest BCUT2D eigenvalue weighted by atomic mass is 32.1. The molecular formula is C18H21N3O2S. The maximum atomic E-state index is 12.2. The predicted octanol–water partition coefficient (Wildman–Crippen LogP) is 2.71. The van der Waals surface area contributed by atoms with Crippen LogP contribution in [0.15, 0.2) is 41.8 Å². The number of hydrogen-bond acceptors (Lipinski definition) is 4. The first kappa shape index (κ1) is 16.7. The number of benzene rings is 1. The smallest absolute Gasteiger partial charge is 0.251 e. The monoisotopic (exact) mass is 343 g/mol. The van der Waals surface area contributed by atoms with Gasteiger partial charge in [0, 0.05) is 28.7 Å². The van der Waals surface area contributed by atoms with Gasteiger partial charge in [0.15, 0.2) is 0 Å². The van der Waals surface area contributed by atoms with Crippen molar-refractivity contribution in [3.63, 3.8) is 0 Å². The first-order chi connectivity index (χ1) is 11.6.